The molecule has 2 aromatic heterocycles. The first-order valence-electron chi connectivity index (χ1n) is 10.4. The first kappa shape index (κ1) is 19.6. The zero-order chi connectivity index (χ0) is 22.1. The van der Waals surface area contributed by atoms with Crippen molar-refractivity contribution >= 4 is 22.6 Å². The third kappa shape index (κ3) is 3.52. The molecule has 0 atom stereocenters. The van der Waals surface area contributed by atoms with Gasteiger partial charge in [-0.2, -0.15) is 0 Å². The van der Waals surface area contributed by atoms with Gasteiger partial charge in [-0.1, -0.05) is 79.9 Å². The molecule has 32 heavy (non-hydrogen) atoms. The number of furan rings is 1. The molecular formula is C28H21N3O. The van der Waals surface area contributed by atoms with Crippen molar-refractivity contribution in [2.24, 2.45) is 0 Å². The third-order valence-corrected chi connectivity index (χ3v) is 5.28. The van der Waals surface area contributed by atoms with Crippen molar-refractivity contribution in [1.29, 1.82) is 0 Å². The van der Waals surface area contributed by atoms with Crippen molar-refractivity contribution in [3.8, 4) is 34.2 Å². The van der Waals surface area contributed by atoms with Gasteiger partial charge in [0, 0.05) is 27.6 Å². The van der Waals surface area contributed by atoms with E-state index in [1.807, 2.05) is 85.8 Å². The van der Waals surface area contributed by atoms with Crippen LogP contribution in [0, 0.1) is 0 Å². The Hall–Kier alpha value is -4.31. The van der Waals surface area contributed by atoms with Crippen LogP contribution in [0.1, 0.15) is 18.2 Å². The van der Waals surface area contributed by atoms with Crippen LogP contribution in [0.5, 0.6) is 0 Å². The van der Waals surface area contributed by atoms with E-state index in [2.05, 4.69) is 13.2 Å². The van der Waals surface area contributed by atoms with Crippen LogP contribution in [-0.4, -0.2) is 15.0 Å². The summed E-state index contributed by atoms with van der Waals surface area (Å²) in [6, 6.07) is 25.8. The van der Waals surface area contributed by atoms with Crippen LogP contribution in [-0.2, 0) is 0 Å². The Kier molecular flexibility index (Phi) is 4.96. The van der Waals surface area contributed by atoms with Gasteiger partial charge < -0.3 is 4.42 Å². The fourth-order valence-corrected chi connectivity index (χ4v) is 3.71. The van der Waals surface area contributed by atoms with Gasteiger partial charge in [0.2, 0.25) is 0 Å². The Labute approximate surface area is 186 Å². The largest absolute Gasteiger partial charge is 0.456 e. The smallest absolute Gasteiger partial charge is 0.164 e. The Morgan fingerprint density at radius 1 is 0.750 bits per heavy atom. The molecule has 0 radical (unpaired) electrons. The van der Waals surface area contributed by atoms with E-state index in [-0.39, 0.29) is 0 Å². The summed E-state index contributed by atoms with van der Waals surface area (Å²) in [7, 11) is 0. The maximum absolute atomic E-state index is 6.00. The van der Waals surface area contributed by atoms with E-state index < -0.39 is 0 Å². The standard InChI is InChI=1S/C28H21N3O/c1-4-22-23-17-21(15-16-24(23)32-25(22)18(2)3)28-30-26(19-11-7-5-8-12-19)29-27(31-28)20-13-9-6-10-14-20/h4-17H,1-2H2,3H3. The Bertz CT molecular complexity index is 1390. The van der Waals surface area contributed by atoms with Gasteiger partial charge in [0.05, 0.1) is 0 Å². The maximum atomic E-state index is 6.00. The summed E-state index contributed by atoms with van der Waals surface area (Å²) in [5, 5.41) is 0.957. The highest BCUT2D eigenvalue weighted by atomic mass is 16.3. The monoisotopic (exact) mass is 415 g/mol. The molecule has 5 rings (SSSR count). The molecule has 0 saturated carbocycles. The van der Waals surface area contributed by atoms with E-state index >= 15 is 0 Å². The lowest BCUT2D eigenvalue weighted by Crippen LogP contribution is -2.00. The zero-order valence-corrected chi connectivity index (χ0v) is 17.7. The molecule has 0 amide bonds. The van der Waals surface area contributed by atoms with E-state index in [1.54, 1.807) is 6.08 Å². The minimum absolute atomic E-state index is 0.604. The second-order valence-corrected chi connectivity index (χ2v) is 7.58. The molecule has 0 aliphatic heterocycles. The number of aromatic nitrogens is 3. The second kappa shape index (κ2) is 8.08. The number of fused-ring (bicyclic) bond motifs is 1. The number of hydrogen-bond donors (Lipinski definition) is 0. The summed E-state index contributed by atoms with van der Waals surface area (Å²) in [4.78, 5) is 14.4. The minimum atomic E-state index is 0.604. The summed E-state index contributed by atoms with van der Waals surface area (Å²) in [5.41, 5.74) is 5.32. The molecule has 0 saturated heterocycles. The predicted octanol–water partition coefficient (Wildman–Crippen LogP) is 7.29. The van der Waals surface area contributed by atoms with Crippen LogP contribution in [0.25, 0.3) is 56.8 Å². The van der Waals surface area contributed by atoms with Gasteiger partial charge in [0.25, 0.3) is 0 Å². The van der Waals surface area contributed by atoms with Gasteiger partial charge in [0.15, 0.2) is 17.5 Å². The van der Waals surface area contributed by atoms with E-state index in [4.69, 9.17) is 19.4 Å². The van der Waals surface area contributed by atoms with Gasteiger partial charge in [-0.25, -0.2) is 15.0 Å². The number of benzene rings is 3. The van der Waals surface area contributed by atoms with Crippen molar-refractivity contribution in [1.82, 2.24) is 15.0 Å². The van der Waals surface area contributed by atoms with Crippen molar-refractivity contribution in [3.63, 3.8) is 0 Å². The van der Waals surface area contributed by atoms with Crippen molar-refractivity contribution < 1.29 is 4.42 Å². The van der Waals surface area contributed by atoms with E-state index in [9.17, 15) is 0 Å². The van der Waals surface area contributed by atoms with Crippen LogP contribution < -0.4 is 0 Å². The molecule has 4 nitrogen and oxygen atoms in total. The highest BCUT2D eigenvalue weighted by Crippen LogP contribution is 2.34. The molecule has 154 valence electrons. The fourth-order valence-electron chi connectivity index (χ4n) is 3.71. The molecule has 2 heterocycles. The first-order chi connectivity index (χ1) is 15.6. The van der Waals surface area contributed by atoms with Crippen LogP contribution in [0.15, 0.2) is 96.4 Å². The highest BCUT2D eigenvalue weighted by molar-refractivity contribution is 5.94. The highest BCUT2D eigenvalue weighted by Gasteiger charge is 2.16. The van der Waals surface area contributed by atoms with Crippen LogP contribution in [0.3, 0.4) is 0 Å². The molecule has 3 aromatic carbocycles. The topological polar surface area (TPSA) is 51.8 Å². The maximum Gasteiger partial charge on any atom is 0.164 e. The summed E-state index contributed by atoms with van der Waals surface area (Å²) in [6.07, 6.45) is 1.80. The average molecular weight is 415 g/mol. The molecule has 0 aliphatic rings. The molecule has 4 heteroatoms. The lowest BCUT2D eigenvalue weighted by Gasteiger charge is -2.08. The zero-order valence-electron chi connectivity index (χ0n) is 17.7. The van der Waals surface area contributed by atoms with E-state index in [1.165, 1.54) is 0 Å². The SMILES string of the molecule is C=Cc1c(C(=C)C)oc2ccc(-c3nc(-c4ccccc4)nc(-c4ccccc4)n3)cc12. The van der Waals surface area contributed by atoms with Crippen molar-refractivity contribution in [2.45, 2.75) is 6.92 Å². The third-order valence-electron chi connectivity index (χ3n) is 5.28. The Morgan fingerprint density at radius 3 is 1.78 bits per heavy atom. The number of allylic oxidation sites excluding steroid dienone is 1. The van der Waals surface area contributed by atoms with Gasteiger partial charge >= 0.3 is 0 Å². The molecule has 0 bridgehead atoms. The molecule has 0 spiro atoms. The van der Waals surface area contributed by atoms with Gasteiger partial charge in [0.1, 0.15) is 11.3 Å². The molecular weight excluding hydrogens is 394 g/mol. The van der Waals surface area contributed by atoms with E-state index in [0.717, 1.165) is 44.6 Å². The van der Waals surface area contributed by atoms with Gasteiger partial charge in [-0.05, 0) is 30.7 Å². The Morgan fingerprint density at radius 2 is 1.28 bits per heavy atom. The molecule has 0 N–H and O–H groups in total. The quantitative estimate of drug-likeness (QED) is 0.302. The number of nitrogens with zero attached hydrogens (tertiary/aromatic N) is 3. The first-order valence-corrected chi connectivity index (χ1v) is 10.4. The summed E-state index contributed by atoms with van der Waals surface area (Å²) in [6.45, 7) is 9.92. The second-order valence-electron chi connectivity index (χ2n) is 7.58. The summed E-state index contributed by atoms with van der Waals surface area (Å²) < 4.78 is 6.00. The summed E-state index contributed by atoms with van der Waals surface area (Å²) >= 11 is 0. The van der Waals surface area contributed by atoms with Crippen LogP contribution >= 0.6 is 0 Å². The van der Waals surface area contributed by atoms with Gasteiger partial charge in [-0.15, -0.1) is 0 Å². The number of rotatable bonds is 5. The van der Waals surface area contributed by atoms with Crippen LogP contribution in [0.4, 0.5) is 0 Å². The van der Waals surface area contributed by atoms with Crippen LogP contribution in [0.2, 0.25) is 0 Å². The molecule has 0 fully saturated rings. The Balaban J connectivity index is 1.73. The summed E-state index contributed by atoms with van der Waals surface area (Å²) in [5.74, 6) is 2.62. The molecule has 0 aliphatic carbocycles. The lowest BCUT2D eigenvalue weighted by molar-refractivity contribution is 0.599. The fraction of sp³-hybridized carbons (Fsp3) is 0.0357. The lowest BCUT2D eigenvalue weighted by atomic mass is 10.0. The van der Waals surface area contributed by atoms with Crippen molar-refractivity contribution in [3.05, 3.63) is 103 Å². The number of hydrogen-bond acceptors (Lipinski definition) is 4. The van der Waals surface area contributed by atoms with E-state index in [0.29, 0.717) is 17.5 Å². The van der Waals surface area contributed by atoms with Crippen molar-refractivity contribution in [2.75, 3.05) is 0 Å². The molecule has 0 unspecified atom stereocenters. The average Bonchev–Trinajstić information content (AvgIpc) is 3.23. The molecule has 5 aromatic rings. The predicted molar refractivity (Wildman–Crippen MR) is 131 cm³/mol. The van der Waals surface area contributed by atoms with Gasteiger partial charge in [-0.3, -0.25) is 0 Å². The normalized spacial score (nSPS) is 10.9. The minimum Gasteiger partial charge on any atom is -0.456 e.